The van der Waals surface area contributed by atoms with Gasteiger partial charge in [0, 0.05) is 27.1 Å². The largest absolute Gasteiger partial charge is 0.496 e. The molecule has 0 radical (unpaired) electrons. The fourth-order valence-corrected chi connectivity index (χ4v) is 3.67. The van der Waals surface area contributed by atoms with Crippen LogP contribution in [0.2, 0.25) is 10.0 Å². The molecule has 3 rings (SSSR count). The monoisotopic (exact) mass is 493 g/mol. The Kier molecular flexibility index (Phi) is 6.67. The molecular formula is C21H18BrCl2N3O2. The molecule has 0 aliphatic heterocycles. The van der Waals surface area contributed by atoms with Crippen LogP contribution in [0.25, 0.3) is 5.69 Å². The Balaban J connectivity index is 1.82. The smallest absolute Gasteiger partial charge is 0.275 e. The number of carbonyl (C=O) groups is 1. The quantitative estimate of drug-likeness (QED) is 0.352. The SMILES string of the molecule is COc1ccc(Br)cc1C(=O)N/N=C\c1cc(C)n(-c2ccc(Cl)c(Cl)c2)c1C. The van der Waals surface area contributed by atoms with Crippen LogP contribution < -0.4 is 10.2 Å². The van der Waals surface area contributed by atoms with E-state index in [2.05, 4.69) is 26.5 Å². The number of hydrogen-bond acceptors (Lipinski definition) is 3. The molecule has 0 bridgehead atoms. The normalized spacial score (nSPS) is 11.1. The second-order valence-corrected chi connectivity index (χ2v) is 8.03. The van der Waals surface area contributed by atoms with Crippen molar-refractivity contribution in [3.8, 4) is 11.4 Å². The van der Waals surface area contributed by atoms with Crippen molar-refractivity contribution >= 4 is 51.3 Å². The lowest BCUT2D eigenvalue weighted by molar-refractivity contribution is 0.0952. The summed E-state index contributed by atoms with van der Waals surface area (Å²) in [5.41, 5.74) is 6.66. The molecule has 0 unspecified atom stereocenters. The van der Waals surface area contributed by atoms with Gasteiger partial charge < -0.3 is 9.30 Å². The number of hydrazone groups is 1. The summed E-state index contributed by atoms with van der Waals surface area (Å²) in [6, 6.07) is 12.7. The number of amides is 1. The highest BCUT2D eigenvalue weighted by Gasteiger charge is 2.13. The molecule has 150 valence electrons. The Morgan fingerprint density at radius 3 is 2.59 bits per heavy atom. The third-order valence-electron chi connectivity index (χ3n) is 4.41. The third-order valence-corrected chi connectivity index (χ3v) is 5.64. The summed E-state index contributed by atoms with van der Waals surface area (Å²) >= 11 is 15.5. The molecule has 2 aromatic carbocycles. The molecule has 0 saturated heterocycles. The molecule has 0 spiro atoms. The van der Waals surface area contributed by atoms with Gasteiger partial charge in [0.2, 0.25) is 0 Å². The zero-order valence-corrected chi connectivity index (χ0v) is 19.1. The molecule has 5 nitrogen and oxygen atoms in total. The minimum absolute atomic E-state index is 0.363. The van der Waals surface area contributed by atoms with E-state index in [4.69, 9.17) is 27.9 Å². The van der Waals surface area contributed by atoms with Gasteiger partial charge in [-0.1, -0.05) is 39.1 Å². The first kappa shape index (κ1) is 21.4. The van der Waals surface area contributed by atoms with Gasteiger partial charge in [0.25, 0.3) is 5.91 Å². The van der Waals surface area contributed by atoms with Crippen molar-refractivity contribution in [2.24, 2.45) is 5.10 Å². The molecule has 0 atom stereocenters. The van der Waals surface area contributed by atoms with Crippen molar-refractivity contribution in [1.82, 2.24) is 9.99 Å². The molecule has 1 heterocycles. The van der Waals surface area contributed by atoms with Gasteiger partial charge in [-0.15, -0.1) is 0 Å². The van der Waals surface area contributed by atoms with Crippen LogP contribution in [0.1, 0.15) is 27.3 Å². The van der Waals surface area contributed by atoms with E-state index >= 15 is 0 Å². The van der Waals surface area contributed by atoms with Crippen LogP contribution in [0.15, 0.2) is 52.0 Å². The Hall–Kier alpha value is -2.28. The molecule has 0 aliphatic rings. The number of ether oxygens (including phenoxy) is 1. The predicted molar refractivity (Wildman–Crippen MR) is 121 cm³/mol. The van der Waals surface area contributed by atoms with E-state index in [1.54, 1.807) is 30.5 Å². The second-order valence-electron chi connectivity index (χ2n) is 6.30. The number of hydrogen-bond donors (Lipinski definition) is 1. The summed E-state index contributed by atoms with van der Waals surface area (Å²) in [5.74, 6) is 0.108. The Labute approximate surface area is 187 Å². The van der Waals surface area contributed by atoms with Crippen molar-refractivity contribution in [3.63, 3.8) is 0 Å². The number of aryl methyl sites for hydroxylation is 1. The summed E-state index contributed by atoms with van der Waals surface area (Å²) in [4.78, 5) is 12.5. The van der Waals surface area contributed by atoms with Crippen LogP contribution >= 0.6 is 39.1 Å². The van der Waals surface area contributed by atoms with E-state index in [1.165, 1.54) is 7.11 Å². The fraction of sp³-hybridized carbons (Fsp3) is 0.143. The lowest BCUT2D eigenvalue weighted by Gasteiger charge is -2.10. The first-order chi connectivity index (χ1) is 13.8. The number of methoxy groups -OCH3 is 1. The van der Waals surface area contributed by atoms with Gasteiger partial charge in [0.1, 0.15) is 5.75 Å². The van der Waals surface area contributed by atoms with E-state index in [-0.39, 0.29) is 5.91 Å². The third kappa shape index (κ3) is 4.66. The molecule has 1 amide bonds. The zero-order chi connectivity index (χ0) is 21.1. The van der Waals surface area contributed by atoms with E-state index < -0.39 is 0 Å². The molecule has 0 fully saturated rings. The van der Waals surface area contributed by atoms with Gasteiger partial charge in [-0.25, -0.2) is 5.43 Å². The summed E-state index contributed by atoms with van der Waals surface area (Å²) in [7, 11) is 1.52. The van der Waals surface area contributed by atoms with Crippen LogP contribution in [-0.4, -0.2) is 23.8 Å². The van der Waals surface area contributed by atoms with E-state index in [9.17, 15) is 4.79 Å². The minimum atomic E-state index is -0.363. The summed E-state index contributed by atoms with van der Waals surface area (Å²) in [6.07, 6.45) is 1.61. The number of nitrogens with zero attached hydrogens (tertiary/aromatic N) is 2. The first-order valence-corrected chi connectivity index (χ1v) is 10.2. The van der Waals surface area contributed by atoms with Gasteiger partial charge in [0.05, 0.1) is 28.9 Å². The predicted octanol–water partition coefficient (Wildman–Crippen LogP) is 5.94. The van der Waals surface area contributed by atoms with Crippen LogP contribution in [0.4, 0.5) is 0 Å². The van der Waals surface area contributed by atoms with E-state index in [0.717, 1.165) is 27.1 Å². The lowest BCUT2D eigenvalue weighted by Crippen LogP contribution is -2.18. The molecule has 29 heavy (non-hydrogen) atoms. The van der Waals surface area contributed by atoms with Crippen LogP contribution in [0.5, 0.6) is 5.75 Å². The number of nitrogens with one attached hydrogen (secondary N) is 1. The van der Waals surface area contributed by atoms with Crippen molar-refractivity contribution in [3.05, 3.63) is 79.5 Å². The number of benzene rings is 2. The molecule has 0 saturated carbocycles. The maximum atomic E-state index is 12.5. The molecule has 1 aromatic heterocycles. The van der Waals surface area contributed by atoms with Crippen LogP contribution in [-0.2, 0) is 0 Å². The van der Waals surface area contributed by atoms with E-state index in [0.29, 0.717) is 21.4 Å². The number of carbonyl (C=O) groups excluding carboxylic acids is 1. The second kappa shape index (κ2) is 9.03. The number of halogens is 3. The van der Waals surface area contributed by atoms with Gasteiger partial charge in [-0.3, -0.25) is 4.79 Å². The minimum Gasteiger partial charge on any atom is -0.496 e. The van der Waals surface area contributed by atoms with Gasteiger partial charge in [0.15, 0.2) is 0 Å². The first-order valence-electron chi connectivity index (χ1n) is 8.63. The highest BCUT2D eigenvalue weighted by molar-refractivity contribution is 9.10. The average Bonchev–Trinajstić information content (AvgIpc) is 2.97. The van der Waals surface area contributed by atoms with Gasteiger partial charge in [-0.2, -0.15) is 5.10 Å². The fourth-order valence-electron chi connectivity index (χ4n) is 3.02. The average molecular weight is 495 g/mol. The maximum absolute atomic E-state index is 12.5. The van der Waals surface area contributed by atoms with E-state index in [1.807, 2.05) is 36.6 Å². The highest BCUT2D eigenvalue weighted by atomic mass is 79.9. The van der Waals surface area contributed by atoms with Gasteiger partial charge >= 0.3 is 0 Å². The Bertz CT molecular complexity index is 1110. The number of aromatic nitrogens is 1. The molecule has 8 heteroatoms. The molecular weight excluding hydrogens is 477 g/mol. The van der Waals surface area contributed by atoms with Crippen molar-refractivity contribution in [2.45, 2.75) is 13.8 Å². The Morgan fingerprint density at radius 1 is 1.14 bits per heavy atom. The van der Waals surface area contributed by atoms with Crippen molar-refractivity contribution in [1.29, 1.82) is 0 Å². The topological polar surface area (TPSA) is 55.6 Å². The standard InChI is InChI=1S/C21H18BrCl2N3O2/c1-12-8-14(13(2)27(12)16-5-6-18(23)19(24)10-16)11-25-26-21(28)17-9-15(22)4-7-20(17)29-3/h4-11H,1-3H3,(H,26,28)/b25-11-. The molecule has 0 aliphatic carbocycles. The van der Waals surface area contributed by atoms with Gasteiger partial charge in [-0.05, 0) is 56.3 Å². The zero-order valence-electron chi connectivity index (χ0n) is 16.0. The highest BCUT2D eigenvalue weighted by Crippen LogP contribution is 2.27. The molecule has 3 aromatic rings. The van der Waals surface area contributed by atoms with Crippen LogP contribution in [0.3, 0.4) is 0 Å². The van der Waals surface area contributed by atoms with Crippen molar-refractivity contribution in [2.75, 3.05) is 7.11 Å². The number of rotatable bonds is 5. The van der Waals surface area contributed by atoms with Crippen LogP contribution in [0, 0.1) is 13.8 Å². The molecule has 1 N–H and O–H groups in total. The summed E-state index contributed by atoms with van der Waals surface area (Å²) in [6.45, 7) is 3.95. The van der Waals surface area contributed by atoms with Crippen molar-refractivity contribution < 1.29 is 9.53 Å². The summed E-state index contributed by atoms with van der Waals surface area (Å²) < 4.78 is 8.05. The summed E-state index contributed by atoms with van der Waals surface area (Å²) in [5, 5.41) is 5.10. The lowest BCUT2D eigenvalue weighted by atomic mass is 10.2. The Morgan fingerprint density at radius 2 is 1.90 bits per heavy atom. The maximum Gasteiger partial charge on any atom is 0.275 e.